The minimum Gasteiger partial charge on any atom is -0.369 e. The van der Waals surface area contributed by atoms with E-state index in [4.69, 9.17) is 4.98 Å². The fraction of sp³-hybridized carbons (Fsp3) is 0.259. The van der Waals surface area contributed by atoms with Crippen LogP contribution < -0.4 is 15.5 Å². The van der Waals surface area contributed by atoms with Gasteiger partial charge in [0.05, 0.1) is 0 Å². The van der Waals surface area contributed by atoms with Gasteiger partial charge in [0.2, 0.25) is 0 Å². The SMILES string of the molecule is CN1CCN(c2ccc(-c3cnc4c(c3)C(c3ccc5c(c3)CNC5=O)=CCN4)cc2)CC1. The van der Waals surface area contributed by atoms with Crippen molar-refractivity contribution in [2.24, 2.45) is 0 Å². The third-order valence-electron chi connectivity index (χ3n) is 6.92. The molecule has 0 saturated carbocycles. The number of piperazine rings is 1. The van der Waals surface area contributed by atoms with Gasteiger partial charge in [-0.05, 0) is 59.6 Å². The molecule has 1 amide bonds. The highest BCUT2D eigenvalue weighted by atomic mass is 16.1. The Labute approximate surface area is 193 Å². The highest BCUT2D eigenvalue weighted by Crippen LogP contribution is 2.35. The number of amides is 1. The van der Waals surface area contributed by atoms with Crippen LogP contribution >= 0.6 is 0 Å². The lowest BCUT2D eigenvalue weighted by Gasteiger charge is -2.34. The predicted molar refractivity (Wildman–Crippen MR) is 133 cm³/mol. The number of hydrogen-bond acceptors (Lipinski definition) is 5. The zero-order valence-electron chi connectivity index (χ0n) is 18.8. The Morgan fingerprint density at radius 3 is 2.45 bits per heavy atom. The molecule has 3 aromatic rings. The van der Waals surface area contributed by atoms with Crippen LogP contribution in [0.3, 0.4) is 0 Å². The predicted octanol–water partition coefficient (Wildman–Crippen LogP) is 3.60. The number of likely N-dealkylation sites (N-methyl/N-ethyl adjacent to an activating group) is 1. The second-order valence-electron chi connectivity index (χ2n) is 9.01. The Hall–Kier alpha value is -3.64. The molecule has 6 nitrogen and oxygen atoms in total. The zero-order chi connectivity index (χ0) is 22.4. The first-order valence-electron chi connectivity index (χ1n) is 11.6. The van der Waals surface area contributed by atoms with Crippen molar-refractivity contribution in [2.45, 2.75) is 6.54 Å². The third-order valence-corrected chi connectivity index (χ3v) is 6.92. The largest absolute Gasteiger partial charge is 0.369 e. The summed E-state index contributed by atoms with van der Waals surface area (Å²) in [5.41, 5.74) is 8.76. The van der Waals surface area contributed by atoms with E-state index in [0.717, 1.165) is 77.5 Å². The number of hydrogen-bond donors (Lipinski definition) is 2. The number of nitrogens with one attached hydrogen (secondary N) is 2. The van der Waals surface area contributed by atoms with E-state index in [1.807, 2.05) is 18.3 Å². The van der Waals surface area contributed by atoms with E-state index >= 15 is 0 Å². The van der Waals surface area contributed by atoms with Gasteiger partial charge in [0.25, 0.3) is 5.91 Å². The summed E-state index contributed by atoms with van der Waals surface area (Å²) in [5.74, 6) is 0.917. The smallest absolute Gasteiger partial charge is 0.251 e. The molecule has 4 heterocycles. The summed E-state index contributed by atoms with van der Waals surface area (Å²) < 4.78 is 0. The monoisotopic (exact) mass is 437 g/mol. The van der Waals surface area contributed by atoms with Gasteiger partial charge in [0.1, 0.15) is 5.82 Å². The van der Waals surface area contributed by atoms with Crippen molar-refractivity contribution in [2.75, 3.05) is 50.0 Å². The summed E-state index contributed by atoms with van der Waals surface area (Å²) in [5, 5.41) is 6.30. The second kappa shape index (κ2) is 8.05. The van der Waals surface area contributed by atoms with E-state index in [9.17, 15) is 4.79 Å². The Kier molecular flexibility index (Phi) is 4.88. The van der Waals surface area contributed by atoms with Crippen LogP contribution in [-0.4, -0.2) is 55.6 Å². The number of rotatable bonds is 3. The summed E-state index contributed by atoms with van der Waals surface area (Å²) in [6.07, 6.45) is 4.15. The summed E-state index contributed by atoms with van der Waals surface area (Å²) in [4.78, 5) is 21.5. The standard InChI is InChI=1S/C27H27N5O/c1-31-10-12-32(13-11-31)22-5-2-18(3-6-22)20-15-25-23(8-9-28-26(25)29-16-20)19-4-7-24-21(14-19)17-30-27(24)33/h2-8,14-16H,9-13,17H2,1H3,(H,28,29)(H,30,33). The lowest BCUT2D eigenvalue weighted by atomic mass is 9.92. The number of anilines is 2. The summed E-state index contributed by atoms with van der Waals surface area (Å²) in [6.45, 7) is 5.67. The van der Waals surface area contributed by atoms with Gasteiger partial charge in [-0.25, -0.2) is 4.98 Å². The first-order valence-corrected chi connectivity index (χ1v) is 11.6. The lowest BCUT2D eigenvalue weighted by molar-refractivity contribution is 0.0966. The molecule has 3 aliphatic rings. The van der Waals surface area contributed by atoms with Crippen molar-refractivity contribution in [3.63, 3.8) is 0 Å². The van der Waals surface area contributed by atoms with Gasteiger partial charge < -0.3 is 20.4 Å². The van der Waals surface area contributed by atoms with Crippen molar-refractivity contribution >= 4 is 23.0 Å². The van der Waals surface area contributed by atoms with Crippen LogP contribution in [0.1, 0.15) is 27.0 Å². The van der Waals surface area contributed by atoms with E-state index in [0.29, 0.717) is 6.54 Å². The summed E-state index contributed by atoms with van der Waals surface area (Å²) in [7, 11) is 2.18. The molecule has 1 saturated heterocycles. The first kappa shape index (κ1) is 20.0. The normalized spacial score (nSPS) is 17.7. The van der Waals surface area contributed by atoms with E-state index < -0.39 is 0 Å². The maximum Gasteiger partial charge on any atom is 0.251 e. The average Bonchev–Trinajstić information content (AvgIpc) is 3.24. The van der Waals surface area contributed by atoms with Gasteiger partial charge >= 0.3 is 0 Å². The average molecular weight is 438 g/mol. The minimum atomic E-state index is 0.0141. The highest BCUT2D eigenvalue weighted by Gasteiger charge is 2.22. The second-order valence-corrected chi connectivity index (χ2v) is 9.01. The molecule has 2 aromatic carbocycles. The number of pyridine rings is 1. The molecule has 6 rings (SSSR count). The van der Waals surface area contributed by atoms with Crippen LogP contribution in [0.4, 0.5) is 11.5 Å². The Bertz CT molecular complexity index is 1260. The van der Waals surface area contributed by atoms with Crippen LogP contribution in [0, 0.1) is 0 Å². The zero-order valence-corrected chi connectivity index (χ0v) is 18.8. The Morgan fingerprint density at radius 1 is 0.848 bits per heavy atom. The summed E-state index contributed by atoms with van der Waals surface area (Å²) >= 11 is 0. The quantitative estimate of drug-likeness (QED) is 0.656. The molecule has 1 fully saturated rings. The molecule has 0 aliphatic carbocycles. The fourth-order valence-corrected chi connectivity index (χ4v) is 4.93. The van der Waals surface area contributed by atoms with Crippen LogP contribution in [0.25, 0.3) is 16.7 Å². The fourth-order valence-electron chi connectivity index (χ4n) is 4.93. The van der Waals surface area contributed by atoms with Crippen molar-refractivity contribution in [1.29, 1.82) is 0 Å². The van der Waals surface area contributed by atoms with Gasteiger partial charge in [0.15, 0.2) is 0 Å². The number of aromatic nitrogens is 1. The maximum atomic E-state index is 11.9. The van der Waals surface area contributed by atoms with Crippen LogP contribution in [-0.2, 0) is 6.54 Å². The molecule has 1 aromatic heterocycles. The van der Waals surface area contributed by atoms with Gasteiger partial charge in [-0.15, -0.1) is 0 Å². The van der Waals surface area contributed by atoms with Crippen LogP contribution in [0.2, 0.25) is 0 Å². The Balaban J connectivity index is 1.30. The van der Waals surface area contributed by atoms with Crippen molar-refractivity contribution in [3.8, 4) is 11.1 Å². The topological polar surface area (TPSA) is 60.5 Å². The van der Waals surface area contributed by atoms with E-state index in [1.165, 1.54) is 5.69 Å². The molecular weight excluding hydrogens is 410 g/mol. The van der Waals surface area contributed by atoms with E-state index in [1.54, 1.807) is 0 Å². The molecule has 33 heavy (non-hydrogen) atoms. The molecule has 0 atom stereocenters. The summed E-state index contributed by atoms with van der Waals surface area (Å²) in [6, 6.07) is 17.2. The molecule has 0 unspecified atom stereocenters. The Morgan fingerprint density at radius 2 is 1.64 bits per heavy atom. The van der Waals surface area contributed by atoms with Crippen molar-refractivity contribution in [1.82, 2.24) is 15.2 Å². The molecule has 0 bridgehead atoms. The number of fused-ring (bicyclic) bond motifs is 2. The van der Waals surface area contributed by atoms with E-state index in [2.05, 4.69) is 70.0 Å². The third kappa shape index (κ3) is 3.66. The minimum absolute atomic E-state index is 0.0141. The molecule has 0 radical (unpaired) electrons. The van der Waals surface area contributed by atoms with Crippen LogP contribution in [0.5, 0.6) is 0 Å². The maximum absolute atomic E-state index is 11.9. The molecule has 3 aliphatic heterocycles. The highest BCUT2D eigenvalue weighted by molar-refractivity contribution is 5.99. The number of nitrogens with zero attached hydrogens (tertiary/aromatic N) is 3. The molecule has 6 heteroatoms. The number of benzene rings is 2. The van der Waals surface area contributed by atoms with Gasteiger partial charge in [0, 0.05) is 67.8 Å². The molecule has 0 spiro atoms. The van der Waals surface area contributed by atoms with Gasteiger partial charge in [-0.2, -0.15) is 0 Å². The number of carbonyl (C=O) groups excluding carboxylic acids is 1. The van der Waals surface area contributed by atoms with Gasteiger partial charge in [-0.1, -0.05) is 24.3 Å². The van der Waals surface area contributed by atoms with Crippen molar-refractivity contribution in [3.05, 3.63) is 83.1 Å². The first-order chi connectivity index (χ1) is 16.2. The molecular formula is C27H27N5O. The molecule has 2 N–H and O–H groups in total. The number of carbonyl (C=O) groups is 1. The molecule has 166 valence electrons. The van der Waals surface area contributed by atoms with Gasteiger partial charge in [-0.3, -0.25) is 4.79 Å². The van der Waals surface area contributed by atoms with Crippen molar-refractivity contribution < 1.29 is 4.79 Å². The van der Waals surface area contributed by atoms with E-state index in [-0.39, 0.29) is 5.91 Å². The lowest BCUT2D eigenvalue weighted by Crippen LogP contribution is -2.44. The van der Waals surface area contributed by atoms with Crippen LogP contribution in [0.15, 0.2) is 60.8 Å².